The van der Waals surface area contributed by atoms with Crippen LogP contribution < -0.4 is 10.2 Å². The topological polar surface area (TPSA) is 147 Å². The van der Waals surface area contributed by atoms with Gasteiger partial charge >= 0.3 is 12.2 Å². The highest BCUT2D eigenvalue weighted by molar-refractivity contribution is 7.89. The summed E-state index contributed by atoms with van der Waals surface area (Å²) in [6.07, 6.45) is -2.15. The van der Waals surface area contributed by atoms with E-state index in [4.69, 9.17) is 18.9 Å². The average Bonchev–Trinajstić information content (AvgIpc) is 3.88. The number of anilines is 1. The molecule has 6 rings (SSSR count). The number of amides is 2. The number of nitrogens with one attached hydrogen (secondary N) is 1. The van der Waals surface area contributed by atoms with Gasteiger partial charge in [-0.15, -0.1) is 0 Å². The molecule has 2 N–H and O–H groups in total. The van der Waals surface area contributed by atoms with Crippen molar-refractivity contribution in [2.45, 2.75) is 102 Å². The Labute approximate surface area is 373 Å². The van der Waals surface area contributed by atoms with Crippen molar-refractivity contribution in [3.63, 3.8) is 0 Å². The summed E-state index contributed by atoms with van der Waals surface area (Å²) in [5, 5.41) is 15.1. The fraction of sp³-hybridized carbons (Fsp3) is 0.469. The van der Waals surface area contributed by atoms with Crippen molar-refractivity contribution in [3.05, 3.63) is 132 Å². The van der Waals surface area contributed by atoms with Crippen LogP contribution in [0.4, 0.5) is 15.3 Å². The number of hydrogen-bond acceptors (Lipinski definition) is 10. The van der Waals surface area contributed by atoms with E-state index in [-0.39, 0.29) is 36.9 Å². The van der Waals surface area contributed by atoms with Gasteiger partial charge < -0.3 is 29.4 Å². The van der Waals surface area contributed by atoms with Crippen LogP contribution in [0.5, 0.6) is 0 Å². The van der Waals surface area contributed by atoms with Gasteiger partial charge in [0.1, 0.15) is 11.7 Å². The first kappa shape index (κ1) is 47.6. The maximum Gasteiger partial charge on any atom is 0.414 e. The smallest absolute Gasteiger partial charge is 0.414 e. The van der Waals surface area contributed by atoms with Crippen LogP contribution in [0, 0.1) is 11.3 Å². The van der Waals surface area contributed by atoms with Gasteiger partial charge in [-0.2, -0.15) is 4.31 Å². The van der Waals surface area contributed by atoms with E-state index in [0.717, 1.165) is 5.56 Å². The summed E-state index contributed by atoms with van der Waals surface area (Å²) in [6.45, 7) is 11.8. The van der Waals surface area contributed by atoms with Gasteiger partial charge in [-0.05, 0) is 86.9 Å². The maximum absolute atomic E-state index is 15.0. The first-order valence-electron chi connectivity index (χ1n) is 21.8. The van der Waals surface area contributed by atoms with Crippen molar-refractivity contribution in [1.29, 1.82) is 0 Å². The first-order chi connectivity index (χ1) is 30.0. The number of carbonyl (C=O) groups is 2. The van der Waals surface area contributed by atoms with Crippen molar-refractivity contribution in [2.24, 2.45) is 11.3 Å². The number of nitrogens with zero attached hydrogens (tertiary/aromatic N) is 3. The van der Waals surface area contributed by atoms with Gasteiger partial charge in [0.15, 0.2) is 6.29 Å². The number of benzene rings is 4. The molecule has 0 spiro atoms. The third kappa shape index (κ3) is 13.8. The van der Waals surface area contributed by atoms with Gasteiger partial charge in [0.25, 0.3) is 0 Å². The number of ether oxygens (including phenoxy) is 4. The lowest BCUT2D eigenvalue weighted by Gasteiger charge is -2.36. The second kappa shape index (κ2) is 21.2. The molecule has 2 amide bonds. The van der Waals surface area contributed by atoms with Crippen LogP contribution in [0.3, 0.4) is 0 Å². The molecule has 2 saturated heterocycles. The van der Waals surface area contributed by atoms with E-state index >= 15 is 8.42 Å². The normalized spacial score (nSPS) is 18.8. The van der Waals surface area contributed by atoms with E-state index in [2.05, 4.69) is 34.5 Å². The quantitative estimate of drug-likeness (QED) is 0.0964. The molecule has 0 radical (unpaired) electrons. The third-order valence-electron chi connectivity index (χ3n) is 11.4. The SMILES string of the molecule is CN(C(=O)OC(C)(C)C)c1cccc(S(=O)(=O)N(C[C@H](O)[C@H](Cc2ccccc2)NC(=O)O[C@H]2CO[C@H]3OCC[C@H]32)CC(C)(C)CCN(Cc2ccccc2)Cc2ccccc2)c1. The molecule has 13 nitrogen and oxygen atoms in total. The van der Waals surface area contributed by atoms with Crippen molar-refractivity contribution in [1.82, 2.24) is 14.5 Å². The monoisotopic (exact) mass is 884 g/mol. The zero-order valence-electron chi connectivity index (χ0n) is 37.4. The summed E-state index contributed by atoms with van der Waals surface area (Å²) in [6, 6.07) is 35.1. The van der Waals surface area contributed by atoms with Gasteiger partial charge in [0, 0.05) is 38.9 Å². The molecule has 0 saturated carbocycles. The molecule has 2 heterocycles. The number of rotatable bonds is 19. The number of sulfonamides is 1. The Hall–Kier alpha value is -4.83. The van der Waals surface area contributed by atoms with Crippen LogP contribution in [0.1, 0.15) is 64.2 Å². The Bertz CT molecular complexity index is 2150. The second-order valence-electron chi connectivity index (χ2n) is 18.4. The van der Waals surface area contributed by atoms with Crippen molar-refractivity contribution in [2.75, 3.05) is 44.8 Å². The fourth-order valence-corrected chi connectivity index (χ4v) is 9.64. The molecule has 340 valence electrons. The van der Waals surface area contributed by atoms with Crippen LogP contribution in [0.2, 0.25) is 0 Å². The Kier molecular flexibility index (Phi) is 16.1. The lowest BCUT2D eigenvalue weighted by atomic mass is 9.88. The highest BCUT2D eigenvalue weighted by atomic mass is 32.2. The minimum absolute atomic E-state index is 0.0357. The van der Waals surface area contributed by atoms with Crippen LogP contribution in [-0.2, 0) is 48.5 Å². The molecular formula is C49H64N4O9S. The van der Waals surface area contributed by atoms with Crippen LogP contribution in [-0.4, -0.2) is 105 Å². The summed E-state index contributed by atoms with van der Waals surface area (Å²) >= 11 is 0. The number of carbonyl (C=O) groups excluding carboxylic acids is 2. The van der Waals surface area contributed by atoms with E-state index in [9.17, 15) is 14.7 Å². The number of hydrogen-bond donors (Lipinski definition) is 2. The van der Waals surface area contributed by atoms with E-state index in [0.29, 0.717) is 44.8 Å². The summed E-state index contributed by atoms with van der Waals surface area (Å²) in [7, 11) is -2.81. The summed E-state index contributed by atoms with van der Waals surface area (Å²) < 4.78 is 54.0. The van der Waals surface area contributed by atoms with E-state index in [1.54, 1.807) is 32.9 Å². The Morgan fingerprint density at radius 2 is 1.44 bits per heavy atom. The molecule has 0 unspecified atom stereocenters. The second-order valence-corrected chi connectivity index (χ2v) is 20.3. The van der Waals surface area contributed by atoms with Gasteiger partial charge in [0.2, 0.25) is 10.0 Å². The largest absolute Gasteiger partial charge is 0.443 e. The van der Waals surface area contributed by atoms with Crippen molar-refractivity contribution < 1.29 is 42.1 Å². The van der Waals surface area contributed by atoms with Gasteiger partial charge in [-0.3, -0.25) is 9.80 Å². The number of aliphatic hydroxyl groups excluding tert-OH is 1. The van der Waals surface area contributed by atoms with Crippen LogP contribution in [0.25, 0.3) is 0 Å². The molecule has 4 aromatic carbocycles. The molecule has 63 heavy (non-hydrogen) atoms. The molecule has 0 bridgehead atoms. The van der Waals surface area contributed by atoms with Gasteiger partial charge in [0.05, 0.1) is 36.2 Å². The van der Waals surface area contributed by atoms with Crippen LogP contribution in [0.15, 0.2) is 120 Å². The molecule has 4 aromatic rings. The number of aliphatic hydroxyl groups is 1. The number of fused-ring (bicyclic) bond motifs is 1. The molecule has 5 atom stereocenters. The standard InChI is InChI=1S/C49H64N4O9S/c1-48(2,3)62-47(56)51(6)39-23-16-24-40(30-39)63(57,58)53(35-49(4,5)26-27-52(31-37-19-12-8-13-20-37)32-38-21-14-9-15-22-38)33-43(54)42(29-36-17-10-7-11-18-36)50-46(55)61-44-34-60-45-41(44)25-28-59-45/h7-24,30,41-45,54H,25-29,31-35H2,1-6H3,(H,50,55)/t41-,42-,43-,44-,45+/m0/s1. The summed E-state index contributed by atoms with van der Waals surface area (Å²) in [5.41, 5.74) is 2.12. The molecular weight excluding hydrogens is 821 g/mol. The average molecular weight is 885 g/mol. The molecule has 14 heteroatoms. The molecule has 2 aliphatic heterocycles. The lowest BCUT2D eigenvalue weighted by molar-refractivity contribution is -0.0907. The van der Waals surface area contributed by atoms with E-state index in [1.165, 1.54) is 39.5 Å². The zero-order chi connectivity index (χ0) is 45.2. The third-order valence-corrected chi connectivity index (χ3v) is 13.2. The summed E-state index contributed by atoms with van der Waals surface area (Å²) in [5.74, 6) is -0.0856. The highest BCUT2D eigenvalue weighted by Crippen LogP contribution is 2.33. The predicted octanol–water partition coefficient (Wildman–Crippen LogP) is 7.63. The minimum atomic E-state index is -4.34. The molecule has 2 aliphatic rings. The highest BCUT2D eigenvalue weighted by Gasteiger charge is 2.44. The minimum Gasteiger partial charge on any atom is -0.443 e. The van der Waals surface area contributed by atoms with E-state index < -0.39 is 57.8 Å². The molecule has 2 fully saturated rings. The van der Waals surface area contributed by atoms with Crippen molar-refractivity contribution in [3.8, 4) is 0 Å². The zero-order valence-corrected chi connectivity index (χ0v) is 38.2. The number of alkyl carbamates (subject to hydrolysis) is 1. The Morgan fingerprint density at radius 1 is 0.841 bits per heavy atom. The predicted molar refractivity (Wildman–Crippen MR) is 242 cm³/mol. The fourth-order valence-electron chi connectivity index (χ4n) is 7.96. The Morgan fingerprint density at radius 3 is 2.05 bits per heavy atom. The molecule has 0 aliphatic carbocycles. The van der Waals surface area contributed by atoms with Crippen molar-refractivity contribution >= 4 is 27.9 Å². The first-order valence-corrected chi connectivity index (χ1v) is 23.2. The van der Waals surface area contributed by atoms with E-state index in [1.807, 2.05) is 80.6 Å². The maximum atomic E-state index is 15.0. The van der Waals surface area contributed by atoms with Gasteiger partial charge in [-0.25, -0.2) is 18.0 Å². The van der Waals surface area contributed by atoms with Crippen LogP contribution >= 0.6 is 0 Å². The molecule has 0 aromatic heterocycles. The lowest BCUT2D eigenvalue weighted by Crippen LogP contribution is -2.52. The van der Waals surface area contributed by atoms with Gasteiger partial charge in [-0.1, -0.05) is 111 Å². The summed E-state index contributed by atoms with van der Waals surface area (Å²) in [4.78, 5) is 30.2. The Balaban J connectivity index is 1.27.